The molecule has 10 heteroatoms. The van der Waals surface area contributed by atoms with E-state index in [4.69, 9.17) is 9.47 Å². The van der Waals surface area contributed by atoms with E-state index in [0.717, 1.165) is 5.56 Å². The van der Waals surface area contributed by atoms with Gasteiger partial charge in [0.2, 0.25) is 17.7 Å². The zero-order chi connectivity index (χ0) is 30.8. The van der Waals surface area contributed by atoms with Crippen LogP contribution in [0.4, 0.5) is 0 Å². The van der Waals surface area contributed by atoms with Crippen molar-refractivity contribution >= 4 is 23.7 Å². The van der Waals surface area contributed by atoms with Gasteiger partial charge in [-0.3, -0.25) is 19.2 Å². The van der Waals surface area contributed by atoms with E-state index in [1.54, 1.807) is 36.1 Å². The topological polar surface area (TPSA) is 125 Å². The van der Waals surface area contributed by atoms with Crippen molar-refractivity contribution in [2.75, 3.05) is 19.7 Å². The summed E-state index contributed by atoms with van der Waals surface area (Å²) in [7, 11) is 0. The Balaban J connectivity index is 1.46. The summed E-state index contributed by atoms with van der Waals surface area (Å²) in [5, 5.41) is 13.5. The third kappa shape index (κ3) is 5.33. The summed E-state index contributed by atoms with van der Waals surface area (Å²) in [6.07, 6.45) is 6.52. The van der Waals surface area contributed by atoms with Gasteiger partial charge in [-0.2, -0.15) is 0 Å². The smallest absolute Gasteiger partial charge is 0.313 e. The molecule has 0 radical (unpaired) electrons. The first-order valence-electron chi connectivity index (χ1n) is 15.1. The van der Waals surface area contributed by atoms with E-state index in [1.807, 2.05) is 60.7 Å². The molecule has 4 aliphatic rings. The number of hydrogen-bond donors (Lipinski definition) is 2. The number of allylic oxidation sites excluding steroid dienone is 1. The highest BCUT2D eigenvalue weighted by atomic mass is 16.6. The van der Waals surface area contributed by atoms with Crippen LogP contribution in [0.25, 0.3) is 0 Å². The Morgan fingerprint density at radius 1 is 1.00 bits per heavy atom. The van der Waals surface area contributed by atoms with Crippen LogP contribution >= 0.6 is 0 Å². The van der Waals surface area contributed by atoms with Crippen LogP contribution in [-0.2, 0) is 35.2 Å². The van der Waals surface area contributed by atoms with Crippen molar-refractivity contribution in [2.24, 2.45) is 11.8 Å². The maximum absolute atomic E-state index is 14.8. The number of fused-ring (bicyclic) bond motifs is 2. The molecule has 2 fully saturated rings. The zero-order valence-electron chi connectivity index (χ0n) is 24.6. The molecule has 6 rings (SSSR count). The molecule has 10 nitrogen and oxygen atoms in total. The molecule has 2 N–H and O–H groups in total. The molecule has 2 aromatic rings. The molecule has 3 amide bonds. The predicted molar refractivity (Wildman–Crippen MR) is 159 cm³/mol. The quantitative estimate of drug-likeness (QED) is 0.399. The van der Waals surface area contributed by atoms with Crippen LogP contribution < -0.4 is 5.32 Å². The van der Waals surface area contributed by atoms with Crippen molar-refractivity contribution < 1.29 is 33.8 Å². The van der Waals surface area contributed by atoms with Gasteiger partial charge in [0.1, 0.15) is 23.7 Å². The van der Waals surface area contributed by atoms with Gasteiger partial charge in [0.05, 0.1) is 31.2 Å². The molecule has 0 saturated carbocycles. The molecule has 5 bridgehead atoms. The highest BCUT2D eigenvalue weighted by Gasteiger charge is 2.74. The molecule has 230 valence electrons. The van der Waals surface area contributed by atoms with Gasteiger partial charge < -0.3 is 29.7 Å². The van der Waals surface area contributed by atoms with E-state index in [1.165, 1.54) is 4.90 Å². The summed E-state index contributed by atoms with van der Waals surface area (Å²) in [6, 6.07) is 16.6. The Morgan fingerprint density at radius 3 is 2.45 bits per heavy atom. The van der Waals surface area contributed by atoms with Crippen LogP contribution in [0, 0.1) is 11.8 Å². The third-order valence-electron chi connectivity index (χ3n) is 8.97. The largest absolute Gasteiger partial charge is 0.460 e. The molecule has 7 atom stereocenters. The number of benzene rings is 2. The van der Waals surface area contributed by atoms with Crippen molar-refractivity contribution in [3.05, 3.63) is 96.1 Å². The highest BCUT2D eigenvalue weighted by Crippen LogP contribution is 2.57. The number of hydrogen-bond acceptors (Lipinski definition) is 7. The van der Waals surface area contributed by atoms with Crippen LogP contribution in [0.1, 0.15) is 36.9 Å². The highest BCUT2D eigenvalue weighted by molar-refractivity contribution is 5.99. The van der Waals surface area contributed by atoms with Crippen molar-refractivity contribution in [3.8, 4) is 0 Å². The van der Waals surface area contributed by atoms with E-state index in [9.17, 15) is 24.3 Å². The Hall–Kier alpha value is -4.28. The number of ether oxygens (including phenoxy) is 2. The van der Waals surface area contributed by atoms with E-state index in [2.05, 4.69) is 5.32 Å². The number of nitrogens with one attached hydrogen (secondary N) is 1. The Labute approximate surface area is 256 Å². The average Bonchev–Trinajstić information content (AvgIpc) is 3.68. The number of carbonyl (C=O) groups excluding carboxylic acids is 4. The minimum absolute atomic E-state index is 0.130. The van der Waals surface area contributed by atoms with Gasteiger partial charge in [-0.05, 0) is 24.5 Å². The number of cyclic esters (lactones) is 1. The van der Waals surface area contributed by atoms with Gasteiger partial charge in [0.15, 0.2) is 0 Å². The molecular weight excluding hydrogens is 562 g/mol. The Bertz CT molecular complexity index is 1460. The van der Waals surface area contributed by atoms with Crippen molar-refractivity contribution in [2.45, 2.75) is 56.2 Å². The molecule has 2 saturated heterocycles. The fourth-order valence-corrected chi connectivity index (χ4v) is 6.93. The van der Waals surface area contributed by atoms with Crippen LogP contribution in [0.15, 0.2) is 85.0 Å². The van der Waals surface area contributed by atoms with E-state index >= 15 is 0 Å². The Morgan fingerprint density at radius 2 is 1.73 bits per heavy atom. The van der Waals surface area contributed by atoms with Gasteiger partial charge >= 0.3 is 5.97 Å². The number of rotatable bonds is 5. The lowest BCUT2D eigenvalue weighted by atomic mass is 9.74. The number of aliphatic hydroxyl groups excluding tert-OH is 1. The van der Waals surface area contributed by atoms with Gasteiger partial charge in [0.25, 0.3) is 0 Å². The van der Waals surface area contributed by atoms with Crippen LogP contribution in [0.2, 0.25) is 0 Å². The molecule has 0 unspecified atom stereocenters. The van der Waals surface area contributed by atoms with Crippen LogP contribution in [0.3, 0.4) is 0 Å². The van der Waals surface area contributed by atoms with Crippen LogP contribution in [0.5, 0.6) is 0 Å². The molecule has 1 spiro atoms. The number of amides is 3. The SMILES string of the molecule is C[C@@H]1CNC(=O)CC/C=C\CN(Cc2ccccc2)C(=O)[C@@H]2N([C@H](CO)c3ccccc3)C(=O)[C@H]3[C@H](C(=O)O1)[C@@H]1C=C[C@]23O1. The minimum atomic E-state index is -1.42. The van der Waals surface area contributed by atoms with Gasteiger partial charge in [-0.25, -0.2) is 0 Å². The van der Waals surface area contributed by atoms with E-state index < -0.39 is 60.2 Å². The fraction of sp³-hybridized carbons (Fsp3) is 0.412. The molecule has 4 aliphatic heterocycles. The molecule has 2 aromatic carbocycles. The van der Waals surface area contributed by atoms with Crippen LogP contribution in [-0.4, -0.2) is 82.1 Å². The maximum Gasteiger partial charge on any atom is 0.313 e. The molecule has 4 heterocycles. The van der Waals surface area contributed by atoms with Crippen molar-refractivity contribution in [1.82, 2.24) is 15.1 Å². The predicted octanol–water partition coefficient (Wildman–Crippen LogP) is 2.30. The first kappa shape index (κ1) is 29.8. The lowest BCUT2D eigenvalue weighted by Crippen LogP contribution is -2.56. The van der Waals surface area contributed by atoms with E-state index in [0.29, 0.717) is 12.0 Å². The van der Waals surface area contributed by atoms with Crippen molar-refractivity contribution in [1.29, 1.82) is 0 Å². The molecule has 44 heavy (non-hydrogen) atoms. The van der Waals surface area contributed by atoms with Crippen molar-refractivity contribution in [3.63, 3.8) is 0 Å². The van der Waals surface area contributed by atoms with E-state index in [-0.39, 0.29) is 37.9 Å². The third-order valence-corrected chi connectivity index (χ3v) is 8.97. The standard InChI is InChI=1S/C34H37N3O7/c1-22-19-35-27(39)15-9-4-10-18-36(20-23-11-5-2-6-12-23)32(41)30-34-17-16-26(44-34)28(33(42)43-22)29(34)31(40)37(30)25(21-38)24-13-7-3-8-14-24/h2-8,10-14,16-17,22,25-26,28-30,38H,9,15,18-21H2,1H3,(H,35,39)/b10-4-/t22-,25-,26+,28-,29-,30+,34-/m1/s1. The Kier molecular flexibility index (Phi) is 8.38. The lowest BCUT2D eigenvalue weighted by Gasteiger charge is -2.39. The second-order valence-electron chi connectivity index (χ2n) is 11.8. The summed E-state index contributed by atoms with van der Waals surface area (Å²) in [6.45, 7) is 1.86. The maximum atomic E-state index is 14.8. The second kappa shape index (κ2) is 12.4. The monoisotopic (exact) mass is 599 g/mol. The summed E-state index contributed by atoms with van der Waals surface area (Å²) in [5.41, 5.74) is 0.138. The number of likely N-dealkylation sites (tertiary alicyclic amines) is 1. The van der Waals surface area contributed by atoms with Gasteiger partial charge in [-0.1, -0.05) is 85.0 Å². The average molecular weight is 600 g/mol. The number of nitrogens with zero attached hydrogens (tertiary/aromatic N) is 2. The summed E-state index contributed by atoms with van der Waals surface area (Å²) in [4.78, 5) is 58.5. The number of carbonyl (C=O) groups is 4. The molecular formula is C34H37N3O7. The first-order chi connectivity index (χ1) is 21.3. The van der Waals surface area contributed by atoms with Gasteiger partial charge in [-0.15, -0.1) is 0 Å². The zero-order valence-corrected chi connectivity index (χ0v) is 24.6. The molecule has 0 aromatic heterocycles. The van der Waals surface area contributed by atoms with Gasteiger partial charge in [0, 0.05) is 19.5 Å². The number of esters is 1. The second-order valence-corrected chi connectivity index (χ2v) is 11.8. The number of aliphatic hydroxyl groups is 1. The normalized spacial score (nSPS) is 31.9. The minimum Gasteiger partial charge on any atom is -0.460 e. The fourth-order valence-electron chi connectivity index (χ4n) is 6.93. The lowest BCUT2D eigenvalue weighted by molar-refractivity contribution is -0.159. The molecule has 0 aliphatic carbocycles. The summed E-state index contributed by atoms with van der Waals surface area (Å²) >= 11 is 0. The summed E-state index contributed by atoms with van der Waals surface area (Å²) in [5.74, 6) is -3.62. The first-order valence-corrected chi connectivity index (χ1v) is 15.1. The summed E-state index contributed by atoms with van der Waals surface area (Å²) < 4.78 is 12.2.